The highest BCUT2D eigenvalue weighted by molar-refractivity contribution is 5.60. The van der Waals surface area contributed by atoms with E-state index in [4.69, 9.17) is 0 Å². The predicted molar refractivity (Wildman–Crippen MR) is 70.1 cm³/mol. The summed E-state index contributed by atoms with van der Waals surface area (Å²) in [5.74, 6) is 0. The van der Waals surface area contributed by atoms with Crippen LogP contribution in [0.25, 0.3) is 0 Å². The van der Waals surface area contributed by atoms with Gasteiger partial charge in [-0.3, -0.25) is 0 Å². The second-order valence-corrected chi connectivity index (χ2v) is 6.16. The van der Waals surface area contributed by atoms with Gasteiger partial charge in [-0.15, -0.1) is 0 Å². The van der Waals surface area contributed by atoms with Crippen LogP contribution in [0.15, 0.2) is 0 Å². The average Bonchev–Trinajstić information content (AvgIpc) is 2.78. The van der Waals surface area contributed by atoms with E-state index in [1.165, 1.54) is 38.5 Å². The van der Waals surface area contributed by atoms with Crippen LogP contribution in [0.2, 0.25) is 0 Å². The summed E-state index contributed by atoms with van der Waals surface area (Å²) in [5.41, 5.74) is -0.0230. The average molecular weight is 238 g/mol. The van der Waals surface area contributed by atoms with Crippen molar-refractivity contribution in [3.05, 3.63) is 0 Å². The van der Waals surface area contributed by atoms with Gasteiger partial charge in [0.2, 0.25) is 0 Å². The minimum absolute atomic E-state index is 0.0230. The monoisotopic (exact) mass is 238 g/mol. The van der Waals surface area contributed by atoms with Gasteiger partial charge >= 0.3 is 0 Å². The third-order valence-electron chi connectivity index (χ3n) is 4.64. The Morgan fingerprint density at radius 3 is 2.65 bits per heavy atom. The highest BCUT2D eigenvalue weighted by Gasteiger charge is 2.36. The molecule has 1 aliphatic heterocycles. The first kappa shape index (κ1) is 13.0. The second-order valence-electron chi connectivity index (χ2n) is 6.16. The summed E-state index contributed by atoms with van der Waals surface area (Å²) in [6, 6.07) is 0.645. The number of hydrogen-bond acceptors (Lipinski definition) is 3. The molecule has 0 aromatic carbocycles. The van der Waals surface area contributed by atoms with Crippen molar-refractivity contribution in [2.75, 3.05) is 33.7 Å². The highest BCUT2D eigenvalue weighted by atomic mass is 16.1. The molecule has 2 aliphatic rings. The molecule has 3 nitrogen and oxygen atoms in total. The number of rotatable bonds is 4. The lowest BCUT2D eigenvalue weighted by atomic mass is 9.86. The minimum Gasteiger partial charge on any atom is -0.305 e. The van der Waals surface area contributed by atoms with Crippen LogP contribution in [0.3, 0.4) is 0 Å². The van der Waals surface area contributed by atoms with Crippen molar-refractivity contribution in [1.29, 1.82) is 0 Å². The van der Waals surface area contributed by atoms with Crippen LogP contribution in [0, 0.1) is 5.41 Å². The van der Waals surface area contributed by atoms with E-state index >= 15 is 0 Å². The maximum atomic E-state index is 11.4. The van der Waals surface area contributed by atoms with Gasteiger partial charge in [0, 0.05) is 24.5 Å². The Morgan fingerprint density at radius 2 is 2.06 bits per heavy atom. The molecule has 1 unspecified atom stereocenters. The van der Waals surface area contributed by atoms with E-state index in [-0.39, 0.29) is 5.41 Å². The zero-order chi connectivity index (χ0) is 12.3. The maximum Gasteiger partial charge on any atom is 0.127 e. The molecule has 0 aromatic rings. The molecule has 1 saturated carbocycles. The number of carbonyl (C=O) groups is 1. The van der Waals surface area contributed by atoms with Gasteiger partial charge in [-0.2, -0.15) is 0 Å². The van der Waals surface area contributed by atoms with Gasteiger partial charge in [-0.05, 0) is 46.3 Å². The number of likely N-dealkylation sites (N-methyl/N-ethyl adjacent to an activating group) is 2. The highest BCUT2D eigenvalue weighted by Crippen LogP contribution is 2.37. The summed E-state index contributed by atoms with van der Waals surface area (Å²) in [7, 11) is 4.40. The minimum atomic E-state index is -0.0230. The standard InChI is InChI=1S/C14H26N2O/c1-15-9-5-6-13(10-15)16(2)11-14(12-17)7-3-4-8-14/h12-13H,3-11H2,1-2H3. The number of likely N-dealkylation sites (tertiary alicyclic amines) is 1. The molecule has 0 bridgehead atoms. The third kappa shape index (κ3) is 3.08. The molecular weight excluding hydrogens is 212 g/mol. The molecule has 1 atom stereocenters. The first-order valence-electron chi connectivity index (χ1n) is 7.00. The molecule has 0 radical (unpaired) electrons. The Morgan fingerprint density at radius 1 is 1.35 bits per heavy atom. The number of aldehydes is 1. The van der Waals surface area contributed by atoms with Gasteiger partial charge in [-0.1, -0.05) is 12.8 Å². The van der Waals surface area contributed by atoms with E-state index < -0.39 is 0 Å². The van der Waals surface area contributed by atoms with Gasteiger partial charge in [0.1, 0.15) is 6.29 Å². The first-order chi connectivity index (χ1) is 8.15. The van der Waals surface area contributed by atoms with Crippen LogP contribution >= 0.6 is 0 Å². The lowest BCUT2D eigenvalue weighted by Gasteiger charge is -2.39. The Kier molecular flexibility index (Phi) is 4.21. The largest absolute Gasteiger partial charge is 0.305 e. The second kappa shape index (κ2) is 5.49. The summed E-state index contributed by atoms with van der Waals surface area (Å²) in [6.07, 6.45) is 8.49. The van der Waals surface area contributed by atoms with Crippen LogP contribution in [0.1, 0.15) is 38.5 Å². The number of nitrogens with zero attached hydrogens (tertiary/aromatic N) is 2. The SMILES string of the molecule is CN1CCCC(N(C)CC2(C=O)CCCC2)C1. The van der Waals surface area contributed by atoms with E-state index in [0.717, 1.165) is 25.9 Å². The quantitative estimate of drug-likeness (QED) is 0.697. The van der Waals surface area contributed by atoms with Crippen LogP contribution in [0.4, 0.5) is 0 Å². The van der Waals surface area contributed by atoms with E-state index in [0.29, 0.717) is 6.04 Å². The summed E-state index contributed by atoms with van der Waals surface area (Å²) in [4.78, 5) is 16.2. The van der Waals surface area contributed by atoms with Crippen molar-refractivity contribution in [2.45, 2.75) is 44.6 Å². The maximum absolute atomic E-state index is 11.4. The van der Waals surface area contributed by atoms with Crippen molar-refractivity contribution >= 4 is 6.29 Å². The van der Waals surface area contributed by atoms with Crippen molar-refractivity contribution in [1.82, 2.24) is 9.80 Å². The van der Waals surface area contributed by atoms with Gasteiger partial charge in [0.25, 0.3) is 0 Å². The molecule has 0 amide bonds. The van der Waals surface area contributed by atoms with E-state index in [1.807, 2.05) is 0 Å². The lowest BCUT2D eigenvalue weighted by Crippen LogP contribution is -2.48. The summed E-state index contributed by atoms with van der Waals surface area (Å²) in [6.45, 7) is 3.35. The molecule has 17 heavy (non-hydrogen) atoms. The topological polar surface area (TPSA) is 23.6 Å². The Labute approximate surface area is 105 Å². The van der Waals surface area contributed by atoms with Crippen LogP contribution in [-0.4, -0.2) is 55.9 Å². The molecule has 2 fully saturated rings. The molecule has 0 N–H and O–H groups in total. The molecule has 1 aliphatic carbocycles. The molecule has 0 aromatic heterocycles. The van der Waals surface area contributed by atoms with Gasteiger partial charge in [0.05, 0.1) is 0 Å². The molecule has 2 rings (SSSR count). The predicted octanol–water partition coefficient (Wildman–Crippen LogP) is 1.77. The molecular formula is C14H26N2O. The Bertz CT molecular complexity index is 261. The van der Waals surface area contributed by atoms with Crippen molar-refractivity contribution in [2.24, 2.45) is 5.41 Å². The normalized spacial score (nSPS) is 29.7. The molecule has 98 valence electrons. The number of piperidine rings is 1. The van der Waals surface area contributed by atoms with E-state index in [9.17, 15) is 4.79 Å². The smallest absolute Gasteiger partial charge is 0.127 e. The van der Waals surface area contributed by atoms with E-state index in [1.54, 1.807) is 0 Å². The molecule has 3 heteroatoms. The van der Waals surface area contributed by atoms with E-state index in [2.05, 4.69) is 23.9 Å². The Hall–Kier alpha value is -0.410. The Balaban J connectivity index is 1.90. The molecule has 0 spiro atoms. The summed E-state index contributed by atoms with van der Waals surface area (Å²) < 4.78 is 0. The fourth-order valence-electron chi connectivity index (χ4n) is 3.52. The fraction of sp³-hybridized carbons (Fsp3) is 0.929. The first-order valence-corrected chi connectivity index (χ1v) is 7.00. The molecule has 1 heterocycles. The van der Waals surface area contributed by atoms with Crippen molar-refractivity contribution in [3.63, 3.8) is 0 Å². The van der Waals surface area contributed by atoms with Crippen molar-refractivity contribution in [3.8, 4) is 0 Å². The van der Waals surface area contributed by atoms with Crippen LogP contribution in [0.5, 0.6) is 0 Å². The number of hydrogen-bond donors (Lipinski definition) is 0. The van der Waals surface area contributed by atoms with Crippen LogP contribution in [-0.2, 0) is 4.79 Å². The zero-order valence-electron chi connectivity index (χ0n) is 11.3. The lowest BCUT2D eigenvalue weighted by molar-refractivity contribution is -0.117. The third-order valence-corrected chi connectivity index (χ3v) is 4.64. The van der Waals surface area contributed by atoms with Crippen molar-refractivity contribution < 1.29 is 4.79 Å². The van der Waals surface area contributed by atoms with Gasteiger partial charge in [-0.25, -0.2) is 0 Å². The summed E-state index contributed by atoms with van der Waals surface area (Å²) >= 11 is 0. The van der Waals surface area contributed by atoms with Gasteiger partial charge < -0.3 is 14.6 Å². The zero-order valence-corrected chi connectivity index (χ0v) is 11.3. The number of carbonyl (C=O) groups excluding carboxylic acids is 1. The van der Waals surface area contributed by atoms with Crippen LogP contribution < -0.4 is 0 Å². The fourth-order valence-corrected chi connectivity index (χ4v) is 3.52. The van der Waals surface area contributed by atoms with Gasteiger partial charge in [0.15, 0.2) is 0 Å². The molecule has 1 saturated heterocycles. The summed E-state index contributed by atoms with van der Waals surface area (Å²) in [5, 5.41) is 0.